The number of hydrogen-bond donors (Lipinski definition) is 2. The molecule has 0 radical (unpaired) electrons. The Morgan fingerprint density at radius 2 is 1.81 bits per heavy atom. The van der Waals surface area contributed by atoms with E-state index in [-0.39, 0.29) is 5.69 Å². The molecule has 0 saturated carbocycles. The standard InChI is InChI=1S/C19H19FN2O5/c1-12(18(24)22-15-5-3-4-14(20)10-15)27-17(23)11-21-19(25)13-6-8-16(26-2)9-7-13/h3-10,12H,11H2,1-2H3,(H,21,25)(H,22,24). The minimum Gasteiger partial charge on any atom is -0.497 e. The maximum absolute atomic E-state index is 13.1. The second-order valence-corrected chi connectivity index (χ2v) is 5.54. The Kier molecular flexibility index (Phi) is 6.87. The van der Waals surface area contributed by atoms with Crippen LogP contribution in [0.15, 0.2) is 48.5 Å². The topological polar surface area (TPSA) is 93.7 Å². The fourth-order valence-electron chi connectivity index (χ4n) is 2.10. The lowest BCUT2D eigenvalue weighted by Crippen LogP contribution is -2.35. The van der Waals surface area contributed by atoms with E-state index in [0.717, 1.165) is 6.07 Å². The summed E-state index contributed by atoms with van der Waals surface area (Å²) in [6.45, 7) is 0.972. The summed E-state index contributed by atoms with van der Waals surface area (Å²) < 4.78 is 23.1. The molecule has 1 atom stereocenters. The van der Waals surface area contributed by atoms with E-state index in [1.165, 1.54) is 32.2 Å². The number of rotatable bonds is 7. The quantitative estimate of drug-likeness (QED) is 0.724. The zero-order chi connectivity index (χ0) is 19.8. The molecule has 0 saturated heterocycles. The minimum absolute atomic E-state index is 0.246. The third-order valence-corrected chi connectivity index (χ3v) is 3.52. The number of hydrogen-bond acceptors (Lipinski definition) is 5. The fourth-order valence-corrected chi connectivity index (χ4v) is 2.10. The Morgan fingerprint density at radius 3 is 2.44 bits per heavy atom. The van der Waals surface area contributed by atoms with E-state index >= 15 is 0 Å². The third-order valence-electron chi connectivity index (χ3n) is 3.52. The summed E-state index contributed by atoms with van der Waals surface area (Å²) in [6.07, 6.45) is -1.11. The average molecular weight is 374 g/mol. The predicted molar refractivity (Wildman–Crippen MR) is 95.9 cm³/mol. The largest absolute Gasteiger partial charge is 0.497 e. The molecule has 0 spiro atoms. The van der Waals surface area contributed by atoms with Crippen LogP contribution < -0.4 is 15.4 Å². The van der Waals surface area contributed by atoms with Crippen LogP contribution in [0.1, 0.15) is 17.3 Å². The first-order valence-electron chi connectivity index (χ1n) is 8.07. The van der Waals surface area contributed by atoms with E-state index in [1.54, 1.807) is 24.3 Å². The van der Waals surface area contributed by atoms with Crippen molar-refractivity contribution < 1.29 is 28.2 Å². The number of anilines is 1. The van der Waals surface area contributed by atoms with Crippen molar-refractivity contribution in [2.24, 2.45) is 0 Å². The van der Waals surface area contributed by atoms with Crippen molar-refractivity contribution in [2.75, 3.05) is 19.0 Å². The smallest absolute Gasteiger partial charge is 0.326 e. The molecule has 0 heterocycles. The van der Waals surface area contributed by atoms with Crippen LogP contribution in [0.3, 0.4) is 0 Å². The summed E-state index contributed by atoms with van der Waals surface area (Å²) >= 11 is 0. The number of esters is 1. The molecule has 2 N–H and O–H groups in total. The fraction of sp³-hybridized carbons (Fsp3) is 0.211. The van der Waals surface area contributed by atoms with Gasteiger partial charge in [0.05, 0.1) is 7.11 Å². The molecule has 8 heteroatoms. The van der Waals surface area contributed by atoms with Gasteiger partial charge in [0.15, 0.2) is 6.10 Å². The van der Waals surface area contributed by atoms with Crippen LogP contribution in [0.25, 0.3) is 0 Å². The molecule has 0 bridgehead atoms. The number of benzene rings is 2. The van der Waals surface area contributed by atoms with E-state index in [1.807, 2.05) is 0 Å². The summed E-state index contributed by atoms with van der Waals surface area (Å²) in [5.74, 6) is -1.76. The lowest BCUT2D eigenvalue weighted by molar-refractivity contribution is -0.152. The monoisotopic (exact) mass is 374 g/mol. The molecule has 2 aromatic carbocycles. The number of nitrogens with one attached hydrogen (secondary N) is 2. The van der Waals surface area contributed by atoms with Crippen molar-refractivity contribution >= 4 is 23.5 Å². The average Bonchev–Trinajstić information content (AvgIpc) is 2.66. The first kappa shape index (κ1) is 19.9. The number of methoxy groups -OCH3 is 1. The van der Waals surface area contributed by atoms with Gasteiger partial charge < -0.3 is 20.1 Å². The van der Waals surface area contributed by atoms with E-state index in [0.29, 0.717) is 11.3 Å². The molecular weight excluding hydrogens is 355 g/mol. The van der Waals surface area contributed by atoms with Crippen molar-refractivity contribution in [1.82, 2.24) is 5.32 Å². The second-order valence-electron chi connectivity index (χ2n) is 5.54. The molecule has 2 aromatic rings. The summed E-state index contributed by atoms with van der Waals surface area (Å²) in [4.78, 5) is 35.7. The van der Waals surface area contributed by atoms with E-state index in [4.69, 9.17) is 9.47 Å². The molecule has 0 aliphatic carbocycles. The molecule has 1 unspecified atom stereocenters. The van der Waals surface area contributed by atoms with Gasteiger partial charge >= 0.3 is 5.97 Å². The van der Waals surface area contributed by atoms with Gasteiger partial charge in [-0.05, 0) is 49.4 Å². The molecule has 0 aliphatic rings. The predicted octanol–water partition coefficient (Wildman–Crippen LogP) is 2.13. The van der Waals surface area contributed by atoms with Crippen LogP contribution >= 0.6 is 0 Å². The maximum Gasteiger partial charge on any atom is 0.326 e. The van der Waals surface area contributed by atoms with E-state index in [9.17, 15) is 18.8 Å². The van der Waals surface area contributed by atoms with Crippen molar-refractivity contribution in [3.8, 4) is 5.75 Å². The van der Waals surface area contributed by atoms with Crippen molar-refractivity contribution in [3.05, 3.63) is 59.9 Å². The first-order valence-corrected chi connectivity index (χ1v) is 8.07. The zero-order valence-corrected chi connectivity index (χ0v) is 14.8. The maximum atomic E-state index is 13.1. The number of carbonyl (C=O) groups excluding carboxylic acids is 3. The van der Waals surface area contributed by atoms with Crippen LogP contribution in [0.5, 0.6) is 5.75 Å². The Hall–Kier alpha value is -3.42. The van der Waals surface area contributed by atoms with Gasteiger partial charge in [0, 0.05) is 11.3 Å². The van der Waals surface area contributed by atoms with Gasteiger partial charge in [0.25, 0.3) is 11.8 Å². The Morgan fingerprint density at radius 1 is 1.11 bits per heavy atom. The highest BCUT2D eigenvalue weighted by Gasteiger charge is 2.18. The third kappa shape index (κ3) is 6.10. The van der Waals surface area contributed by atoms with Gasteiger partial charge in [-0.25, -0.2) is 4.39 Å². The molecule has 142 valence electrons. The van der Waals surface area contributed by atoms with Crippen LogP contribution in [0.4, 0.5) is 10.1 Å². The van der Waals surface area contributed by atoms with Crippen molar-refractivity contribution in [1.29, 1.82) is 0 Å². The zero-order valence-electron chi connectivity index (χ0n) is 14.8. The molecule has 27 heavy (non-hydrogen) atoms. The summed E-state index contributed by atoms with van der Waals surface area (Å²) in [5, 5.41) is 4.84. The molecule has 7 nitrogen and oxygen atoms in total. The van der Waals surface area contributed by atoms with Crippen LogP contribution in [0, 0.1) is 5.82 Å². The normalized spacial score (nSPS) is 11.2. The lowest BCUT2D eigenvalue weighted by atomic mass is 10.2. The van der Waals surface area contributed by atoms with Crippen LogP contribution in [-0.4, -0.2) is 37.5 Å². The van der Waals surface area contributed by atoms with E-state index in [2.05, 4.69) is 10.6 Å². The van der Waals surface area contributed by atoms with Gasteiger partial charge in [-0.15, -0.1) is 0 Å². The molecule has 0 aliphatic heterocycles. The van der Waals surface area contributed by atoms with Gasteiger partial charge in [-0.1, -0.05) is 6.07 Å². The highest BCUT2D eigenvalue weighted by molar-refractivity contribution is 5.97. The Labute approximate surface area is 155 Å². The van der Waals surface area contributed by atoms with Gasteiger partial charge in [-0.2, -0.15) is 0 Å². The van der Waals surface area contributed by atoms with Gasteiger partial charge in [-0.3, -0.25) is 14.4 Å². The number of carbonyl (C=O) groups is 3. The van der Waals surface area contributed by atoms with Crippen molar-refractivity contribution in [3.63, 3.8) is 0 Å². The van der Waals surface area contributed by atoms with Gasteiger partial charge in [0.1, 0.15) is 18.1 Å². The Bertz CT molecular complexity index is 823. The lowest BCUT2D eigenvalue weighted by Gasteiger charge is -2.14. The Balaban J connectivity index is 1.79. The molecule has 2 rings (SSSR count). The number of ether oxygens (including phenoxy) is 2. The second kappa shape index (κ2) is 9.33. The van der Waals surface area contributed by atoms with Crippen LogP contribution in [0.2, 0.25) is 0 Å². The molecule has 2 amide bonds. The molecule has 0 aromatic heterocycles. The molecular formula is C19H19FN2O5. The van der Waals surface area contributed by atoms with Crippen LogP contribution in [-0.2, 0) is 14.3 Å². The molecule has 0 fully saturated rings. The first-order chi connectivity index (χ1) is 12.9. The summed E-state index contributed by atoms with van der Waals surface area (Å²) in [5.41, 5.74) is 0.594. The number of amides is 2. The van der Waals surface area contributed by atoms with Gasteiger partial charge in [0.2, 0.25) is 0 Å². The minimum atomic E-state index is -1.11. The highest BCUT2D eigenvalue weighted by Crippen LogP contribution is 2.11. The summed E-state index contributed by atoms with van der Waals surface area (Å²) in [6, 6.07) is 11.7. The number of halogens is 1. The van der Waals surface area contributed by atoms with Crippen molar-refractivity contribution in [2.45, 2.75) is 13.0 Å². The van der Waals surface area contributed by atoms with E-state index < -0.39 is 36.2 Å². The summed E-state index contributed by atoms with van der Waals surface area (Å²) in [7, 11) is 1.51. The SMILES string of the molecule is COc1ccc(C(=O)NCC(=O)OC(C)C(=O)Nc2cccc(F)c2)cc1. The highest BCUT2D eigenvalue weighted by atomic mass is 19.1.